The fourth-order valence-corrected chi connectivity index (χ4v) is 8.51. The van der Waals surface area contributed by atoms with Crippen molar-refractivity contribution in [1.82, 2.24) is 0 Å². The summed E-state index contributed by atoms with van der Waals surface area (Å²) in [6.45, 7) is 16.1. The normalized spacial score (nSPS) is 13.4. The van der Waals surface area contributed by atoms with Gasteiger partial charge < -0.3 is 0 Å². The largest absolute Gasteiger partial charge is 0.103 e. The van der Waals surface area contributed by atoms with Crippen LogP contribution in [0.2, 0.25) is 0 Å². The third-order valence-corrected chi connectivity index (χ3v) is 11.8. The highest BCUT2D eigenvalue weighted by Gasteiger charge is 2.24. The second-order valence-electron chi connectivity index (χ2n) is 17.1. The lowest BCUT2D eigenvalue weighted by Crippen LogP contribution is -2.11. The van der Waals surface area contributed by atoms with E-state index >= 15 is 0 Å². The second kappa shape index (κ2) is 23.2. The van der Waals surface area contributed by atoms with Crippen molar-refractivity contribution in [3.8, 4) is 0 Å². The summed E-state index contributed by atoms with van der Waals surface area (Å²) in [4.78, 5) is 0. The van der Waals surface area contributed by atoms with Gasteiger partial charge in [0.15, 0.2) is 0 Å². The van der Waals surface area contributed by atoms with Gasteiger partial charge in [0.2, 0.25) is 0 Å². The zero-order chi connectivity index (χ0) is 46.0. The van der Waals surface area contributed by atoms with Gasteiger partial charge in [-0.2, -0.15) is 0 Å². The molecule has 9 rings (SSSR count). The highest BCUT2D eigenvalue weighted by atomic mass is 14.3. The molecule has 0 unspecified atom stereocenters. The Morgan fingerprint density at radius 2 is 0.621 bits per heavy atom. The lowest BCUT2D eigenvalue weighted by atomic mass is 9.81. The molecule has 0 saturated carbocycles. The fraction of sp³-hybridized carbons (Fsp3) is 0.0909. The molecule has 0 nitrogen and oxygen atoms in total. The molecule has 324 valence electrons. The Hall–Kier alpha value is -7.80. The Labute approximate surface area is 394 Å². The quantitative estimate of drug-likeness (QED) is 0.102. The Bertz CT molecular complexity index is 2610. The number of hydrogen-bond donors (Lipinski definition) is 0. The highest BCUT2D eigenvalue weighted by Crippen LogP contribution is 2.39. The second-order valence-corrected chi connectivity index (χ2v) is 17.1. The van der Waals surface area contributed by atoms with Crippen LogP contribution in [0.25, 0.3) is 16.7 Å². The van der Waals surface area contributed by atoms with Crippen molar-refractivity contribution in [2.24, 2.45) is 5.41 Å². The van der Waals surface area contributed by atoms with Gasteiger partial charge in [0, 0.05) is 0 Å². The van der Waals surface area contributed by atoms with Crippen LogP contribution in [0.3, 0.4) is 0 Å². The molecule has 0 N–H and O–H groups in total. The van der Waals surface area contributed by atoms with Crippen LogP contribution < -0.4 is 0 Å². The zero-order valence-electron chi connectivity index (χ0n) is 38.5. The third-order valence-electron chi connectivity index (χ3n) is 11.8. The van der Waals surface area contributed by atoms with Gasteiger partial charge in [0.05, 0.1) is 0 Å². The molecule has 3 aliphatic rings. The Balaban J connectivity index is 0.000000148. The van der Waals surface area contributed by atoms with Gasteiger partial charge in [-0.1, -0.05) is 269 Å². The van der Waals surface area contributed by atoms with Crippen LogP contribution >= 0.6 is 0 Å². The van der Waals surface area contributed by atoms with E-state index in [-0.39, 0.29) is 5.41 Å². The molecule has 6 aromatic carbocycles. The molecule has 0 heteroatoms. The molecule has 0 amide bonds. The van der Waals surface area contributed by atoms with E-state index in [0.717, 1.165) is 19.3 Å². The fourth-order valence-electron chi connectivity index (χ4n) is 8.51. The molecule has 0 radical (unpaired) electrons. The monoisotopic (exact) mass is 852 g/mol. The molecule has 0 saturated heterocycles. The summed E-state index contributed by atoms with van der Waals surface area (Å²) < 4.78 is 0. The minimum Gasteiger partial charge on any atom is -0.103 e. The summed E-state index contributed by atoms with van der Waals surface area (Å²) in [5.41, 5.74) is 19.3. The van der Waals surface area contributed by atoms with Crippen molar-refractivity contribution in [3.05, 3.63) is 341 Å². The molecule has 0 aromatic heterocycles. The Morgan fingerprint density at radius 3 is 0.894 bits per heavy atom. The van der Waals surface area contributed by atoms with E-state index in [1.54, 1.807) is 0 Å². The number of rotatable bonds is 13. The smallest absolute Gasteiger partial charge is 0.00388 e. The predicted molar refractivity (Wildman–Crippen MR) is 287 cm³/mol. The van der Waals surface area contributed by atoms with E-state index < -0.39 is 0 Å². The summed E-state index contributed by atoms with van der Waals surface area (Å²) in [7, 11) is 0. The first-order valence-corrected chi connectivity index (χ1v) is 22.9. The van der Waals surface area contributed by atoms with Crippen molar-refractivity contribution in [2.45, 2.75) is 33.1 Å². The molecular weight excluding hydrogens is 793 g/mol. The van der Waals surface area contributed by atoms with Crippen LogP contribution in [0.15, 0.2) is 308 Å². The van der Waals surface area contributed by atoms with Gasteiger partial charge in [-0.05, 0) is 108 Å². The first kappa shape index (κ1) is 46.2. The van der Waals surface area contributed by atoms with Crippen LogP contribution in [0.1, 0.15) is 66.5 Å². The first-order chi connectivity index (χ1) is 32.4. The standard InChI is InChI=1S/C24H24.2C21H18/c1-4-17-24(2,3)22-16-15-21(18-22)23(19-11-7-5-8-12-19)20-13-9-6-10-14-20;2*1-2-9-17-14-15-20(16-17)21(18-10-5-3-6-11-18)19-12-7-4-8-13-19/h4-16,18H,1,17H2,2-3H3;2*2-8,10-16H,1,9H2. The molecule has 0 aliphatic heterocycles. The van der Waals surface area contributed by atoms with Gasteiger partial charge in [0.25, 0.3) is 0 Å². The van der Waals surface area contributed by atoms with E-state index in [1.165, 1.54) is 83.5 Å². The highest BCUT2D eigenvalue weighted by molar-refractivity contribution is 5.88. The summed E-state index contributed by atoms with van der Waals surface area (Å²) in [6.07, 6.45) is 28.8. The number of allylic oxidation sites excluding steroid dienone is 18. The number of hydrogen-bond acceptors (Lipinski definition) is 0. The molecule has 66 heavy (non-hydrogen) atoms. The third kappa shape index (κ3) is 12.1. The Kier molecular flexibility index (Phi) is 16.3. The van der Waals surface area contributed by atoms with E-state index in [2.05, 4.69) is 270 Å². The molecule has 0 fully saturated rings. The van der Waals surface area contributed by atoms with Crippen molar-refractivity contribution in [1.29, 1.82) is 0 Å². The number of benzene rings is 6. The van der Waals surface area contributed by atoms with E-state index in [9.17, 15) is 0 Å². The van der Waals surface area contributed by atoms with Gasteiger partial charge in [0.1, 0.15) is 0 Å². The average molecular weight is 853 g/mol. The van der Waals surface area contributed by atoms with Crippen molar-refractivity contribution in [2.75, 3.05) is 0 Å². The lowest BCUT2D eigenvalue weighted by molar-refractivity contribution is 0.466. The van der Waals surface area contributed by atoms with Gasteiger partial charge in [-0.3, -0.25) is 0 Å². The zero-order valence-corrected chi connectivity index (χ0v) is 38.5. The molecule has 0 atom stereocenters. The SMILES string of the molecule is C=CCC(C)(C)C1=CC(=C(c2ccccc2)c2ccccc2)C=C1.C=CCC1=CC(=C(c2ccccc2)c2ccccc2)C=C1.C=CCC1=CC(=C(c2ccccc2)c2ccccc2)C=C1. The topological polar surface area (TPSA) is 0 Å². The summed E-state index contributed by atoms with van der Waals surface area (Å²) >= 11 is 0. The first-order valence-electron chi connectivity index (χ1n) is 22.9. The van der Waals surface area contributed by atoms with E-state index in [1.807, 2.05) is 18.2 Å². The van der Waals surface area contributed by atoms with Gasteiger partial charge in [-0.15, -0.1) is 19.7 Å². The maximum atomic E-state index is 3.90. The summed E-state index contributed by atoms with van der Waals surface area (Å²) in [5, 5.41) is 0. The maximum Gasteiger partial charge on any atom is -0.00388 e. The van der Waals surface area contributed by atoms with Crippen LogP contribution in [0, 0.1) is 5.41 Å². The van der Waals surface area contributed by atoms with Crippen molar-refractivity contribution in [3.63, 3.8) is 0 Å². The predicted octanol–water partition coefficient (Wildman–Crippen LogP) is 17.7. The Morgan fingerprint density at radius 1 is 0.348 bits per heavy atom. The lowest BCUT2D eigenvalue weighted by Gasteiger charge is -2.23. The van der Waals surface area contributed by atoms with Gasteiger partial charge >= 0.3 is 0 Å². The van der Waals surface area contributed by atoms with Crippen molar-refractivity contribution < 1.29 is 0 Å². The summed E-state index contributed by atoms with van der Waals surface area (Å²) in [5.74, 6) is 0. The minimum atomic E-state index is 0.110. The molecule has 0 spiro atoms. The van der Waals surface area contributed by atoms with Crippen LogP contribution in [0.5, 0.6) is 0 Å². The van der Waals surface area contributed by atoms with E-state index in [0.29, 0.717) is 0 Å². The van der Waals surface area contributed by atoms with Gasteiger partial charge in [-0.25, -0.2) is 0 Å². The average Bonchev–Trinajstić information content (AvgIpc) is 4.16. The minimum absolute atomic E-state index is 0.110. The molecule has 0 heterocycles. The van der Waals surface area contributed by atoms with Crippen molar-refractivity contribution >= 4 is 16.7 Å². The van der Waals surface area contributed by atoms with E-state index in [4.69, 9.17) is 0 Å². The van der Waals surface area contributed by atoms with Crippen LogP contribution in [-0.4, -0.2) is 0 Å². The molecular formula is C66H60. The van der Waals surface area contributed by atoms with Crippen LogP contribution in [0.4, 0.5) is 0 Å². The molecule has 3 aliphatic carbocycles. The summed E-state index contributed by atoms with van der Waals surface area (Å²) in [6, 6.07) is 63.6. The maximum absolute atomic E-state index is 3.90. The molecule has 0 bridgehead atoms. The van der Waals surface area contributed by atoms with Crippen LogP contribution in [-0.2, 0) is 0 Å². The molecule has 6 aromatic rings.